The fourth-order valence-corrected chi connectivity index (χ4v) is 3.04. The molecule has 0 aliphatic rings. The lowest BCUT2D eigenvalue weighted by atomic mass is 10.1. The molecule has 3 aromatic heterocycles. The first-order valence-electron chi connectivity index (χ1n) is 7.68. The lowest BCUT2D eigenvalue weighted by Gasteiger charge is -2.24. The van der Waals surface area contributed by atoms with Crippen LogP contribution in [0.3, 0.4) is 0 Å². The quantitative estimate of drug-likeness (QED) is 0.747. The first-order valence-corrected chi connectivity index (χ1v) is 8.56. The van der Waals surface area contributed by atoms with E-state index in [9.17, 15) is 0 Å². The summed E-state index contributed by atoms with van der Waals surface area (Å²) in [6.45, 7) is 8.35. The fourth-order valence-electron chi connectivity index (χ4n) is 2.40. The third-order valence-electron chi connectivity index (χ3n) is 3.93. The van der Waals surface area contributed by atoms with Gasteiger partial charge in [0.25, 0.3) is 5.89 Å². The minimum absolute atomic E-state index is 0.0229. The monoisotopic (exact) mass is 331 g/mol. The number of aromatic nitrogens is 4. The Labute approximate surface area is 139 Å². The predicted molar refractivity (Wildman–Crippen MR) is 90.3 cm³/mol. The van der Waals surface area contributed by atoms with Crippen LogP contribution in [0.25, 0.3) is 10.8 Å². The Kier molecular flexibility index (Phi) is 4.58. The van der Waals surface area contributed by atoms with Crippen LogP contribution in [0.15, 0.2) is 34.3 Å². The van der Waals surface area contributed by atoms with Crippen molar-refractivity contribution in [2.75, 3.05) is 0 Å². The van der Waals surface area contributed by atoms with Gasteiger partial charge in [0.15, 0.2) is 0 Å². The van der Waals surface area contributed by atoms with E-state index in [-0.39, 0.29) is 18.1 Å². The average molecular weight is 331 g/mol. The van der Waals surface area contributed by atoms with Gasteiger partial charge >= 0.3 is 0 Å². The molecule has 0 saturated carbocycles. The van der Waals surface area contributed by atoms with Crippen LogP contribution < -0.4 is 5.32 Å². The highest BCUT2D eigenvalue weighted by Gasteiger charge is 2.21. The summed E-state index contributed by atoms with van der Waals surface area (Å²) in [6, 6.07) is 4.36. The summed E-state index contributed by atoms with van der Waals surface area (Å²) in [5.41, 5.74) is 1.16. The summed E-state index contributed by atoms with van der Waals surface area (Å²) < 4.78 is 7.76. The molecular formula is C16H21N5OS. The van der Waals surface area contributed by atoms with Crippen molar-refractivity contribution in [3.63, 3.8) is 0 Å². The number of aryl methyl sites for hydroxylation is 1. The topological polar surface area (TPSA) is 68.8 Å². The van der Waals surface area contributed by atoms with E-state index >= 15 is 0 Å². The molecule has 0 aliphatic carbocycles. The first kappa shape index (κ1) is 15.9. The van der Waals surface area contributed by atoms with Gasteiger partial charge < -0.3 is 9.73 Å². The average Bonchev–Trinajstić information content (AvgIpc) is 3.26. The van der Waals surface area contributed by atoms with Crippen molar-refractivity contribution < 1.29 is 4.42 Å². The second-order valence-corrected chi connectivity index (χ2v) is 6.79. The number of thiophene rings is 1. The van der Waals surface area contributed by atoms with Crippen molar-refractivity contribution >= 4 is 11.3 Å². The zero-order valence-electron chi connectivity index (χ0n) is 13.7. The number of nitrogens with one attached hydrogen (secondary N) is 1. The maximum absolute atomic E-state index is 5.78. The standard InChI is InChI=1S/C16H21N5OS/c1-10-8-17-21(9-10)13(4)11(2)18-12(3)15-19-20-16(22-15)14-6-5-7-23-14/h5-9,11-13,18H,1-4H3/t11-,12+,13+/m0/s1. The molecule has 0 radical (unpaired) electrons. The van der Waals surface area contributed by atoms with Gasteiger partial charge in [-0.05, 0) is 44.7 Å². The molecule has 3 aromatic rings. The van der Waals surface area contributed by atoms with Gasteiger partial charge in [-0.1, -0.05) is 6.07 Å². The smallest absolute Gasteiger partial charge is 0.257 e. The van der Waals surface area contributed by atoms with E-state index in [0.717, 1.165) is 10.4 Å². The van der Waals surface area contributed by atoms with Gasteiger partial charge in [-0.3, -0.25) is 4.68 Å². The lowest BCUT2D eigenvalue weighted by Crippen LogP contribution is -2.35. The zero-order valence-corrected chi connectivity index (χ0v) is 14.5. The highest BCUT2D eigenvalue weighted by atomic mass is 32.1. The molecular weight excluding hydrogens is 310 g/mol. The SMILES string of the molecule is Cc1cnn([C@H](C)[C@H](C)N[C@H](C)c2nnc(-c3cccs3)o2)c1. The second kappa shape index (κ2) is 6.64. The third kappa shape index (κ3) is 3.51. The number of rotatable bonds is 6. The molecule has 3 heterocycles. The number of nitrogens with zero attached hydrogens (tertiary/aromatic N) is 4. The Morgan fingerprint density at radius 1 is 1.26 bits per heavy atom. The summed E-state index contributed by atoms with van der Waals surface area (Å²) in [4.78, 5) is 0.990. The summed E-state index contributed by atoms with van der Waals surface area (Å²) in [6.07, 6.45) is 3.92. The van der Waals surface area contributed by atoms with Gasteiger partial charge in [0, 0.05) is 12.2 Å². The van der Waals surface area contributed by atoms with Crippen LogP contribution in [-0.4, -0.2) is 26.0 Å². The van der Waals surface area contributed by atoms with E-state index < -0.39 is 0 Å². The minimum atomic E-state index is -0.0229. The normalized spacial score (nSPS) is 15.5. The molecule has 3 rings (SSSR count). The maximum Gasteiger partial charge on any atom is 0.257 e. The highest BCUT2D eigenvalue weighted by Crippen LogP contribution is 2.25. The van der Waals surface area contributed by atoms with Crippen LogP contribution >= 0.6 is 11.3 Å². The van der Waals surface area contributed by atoms with E-state index in [4.69, 9.17) is 4.42 Å². The van der Waals surface area contributed by atoms with E-state index in [2.05, 4.69) is 40.7 Å². The van der Waals surface area contributed by atoms with Gasteiger partial charge in [0.1, 0.15) is 0 Å². The highest BCUT2D eigenvalue weighted by molar-refractivity contribution is 7.13. The molecule has 23 heavy (non-hydrogen) atoms. The molecule has 0 unspecified atom stereocenters. The minimum Gasteiger partial charge on any atom is -0.418 e. The van der Waals surface area contributed by atoms with Crippen LogP contribution in [0.4, 0.5) is 0 Å². The van der Waals surface area contributed by atoms with Crippen molar-refractivity contribution in [2.45, 2.75) is 45.8 Å². The van der Waals surface area contributed by atoms with Crippen LogP contribution in [0.2, 0.25) is 0 Å². The second-order valence-electron chi connectivity index (χ2n) is 5.84. The third-order valence-corrected chi connectivity index (χ3v) is 4.79. The lowest BCUT2D eigenvalue weighted by molar-refractivity contribution is 0.317. The van der Waals surface area contributed by atoms with E-state index in [0.29, 0.717) is 11.8 Å². The summed E-state index contributed by atoms with van der Waals surface area (Å²) >= 11 is 1.59. The van der Waals surface area contributed by atoms with Crippen molar-refractivity contribution in [3.05, 3.63) is 41.4 Å². The molecule has 0 aliphatic heterocycles. The van der Waals surface area contributed by atoms with Crippen molar-refractivity contribution in [2.24, 2.45) is 0 Å². The Balaban J connectivity index is 1.65. The van der Waals surface area contributed by atoms with Crippen molar-refractivity contribution in [3.8, 4) is 10.8 Å². The van der Waals surface area contributed by atoms with Gasteiger partial charge in [-0.15, -0.1) is 21.5 Å². The fraction of sp³-hybridized carbons (Fsp3) is 0.438. The maximum atomic E-state index is 5.78. The molecule has 0 saturated heterocycles. The molecule has 0 spiro atoms. The van der Waals surface area contributed by atoms with E-state index in [1.54, 1.807) is 11.3 Å². The van der Waals surface area contributed by atoms with Gasteiger partial charge in [0.2, 0.25) is 5.89 Å². The molecule has 3 atom stereocenters. The Morgan fingerprint density at radius 2 is 2.09 bits per heavy atom. The molecule has 122 valence electrons. The van der Waals surface area contributed by atoms with Gasteiger partial charge in [0.05, 0.1) is 23.2 Å². The van der Waals surface area contributed by atoms with E-state index in [1.807, 2.05) is 42.2 Å². The van der Waals surface area contributed by atoms with Crippen molar-refractivity contribution in [1.82, 2.24) is 25.3 Å². The molecule has 6 nitrogen and oxygen atoms in total. The van der Waals surface area contributed by atoms with Crippen LogP contribution in [0.1, 0.15) is 44.3 Å². The van der Waals surface area contributed by atoms with Gasteiger partial charge in [-0.2, -0.15) is 5.10 Å². The zero-order chi connectivity index (χ0) is 16.4. The number of hydrogen-bond donors (Lipinski definition) is 1. The summed E-state index contributed by atoms with van der Waals surface area (Å²) in [7, 11) is 0. The number of hydrogen-bond acceptors (Lipinski definition) is 6. The molecule has 0 aromatic carbocycles. The van der Waals surface area contributed by atoms with Crippen LogP contribution in [0, 0.1) is 6.92 Å². The van der Waals surface area contributed by atoms with Crippen molar-refractivity contribution in [1.29, 1.82) is 0 Å². The Bertz CT molecular complexity index is 748. The molecule has 0 amide bonds. The Hall–Kier alpha value is -1.99. The van der Waals surface area contributed by atoms with Gasteiger partial charge in [-0.25, -0.2) is 0 Å². The van der Waals surface area contributed by atoms with Crippen LogP contribution in [0.5, 0.6) is 0 Å². The molecule has 7 heteroatoms. The molecule has 1 N–H and O–H groups in total. The molecule has 0 fully saturated rings. The molecule has 0 bridgehead atoms. The Morgan fingerprint density at radius 3 is 2.74 bits per heavy atom. The first-order chi connectivity index (χ1) is 11.0. The summed E-state index contributed by atoms with van der Waals surface area (Å²) in [5, 5.41) is 18.2. The van der Waals surface area contributed by atoms with Crippen LogP contribution in [-0.2, 0) is 0 Å². The van der Waals surface area contributed by atoms with E-state index in [1.165, 1.54) is 0 Å². The largest absolute Gasteiger partial charge is 0.418 e. The predicted octanol–water partition coefficient (Wildman–Crippen LogP) is 3.60. The summed E-state index contributed by atoms with van der Waals surface area (Å²) in [5.74, 6) is 1.18.